The van der Waals surface area contributed by atoms with Crippen molar-refractivity contribution >= 4 is 23.2 Å². The average molecular weight is 270 g/mol. The fraction of sp³-hybridized carbons (Fsp3) is 0.286. The first-order valence-electron chi connectivity index (χ1n) is 5.74. The third-order valence-corrected chi connectivity index (χ3v) is 2.77. The maximum atomic E-state index is 12.8. The van der Waals surface area contributed by atoms with Gasteiger partial charge in [-0.2, -0.15) is 0 Å². The first-order valence-corrected chi connectivity index (χ1v) is 5.74. The topological polar surface area (TPSA) is 35.2 Å². The first kappa shape index (κ1) is 14.7. The van der Waals surface area contributed by atoms with Crippen LogP contribution < -0.4 is 10.5 Å². The molecule has 2 nitrogen and oxygen atoms in total. The number of nitrogens with two attached hydrogens (primary N) is 1. The molecule has 18 heavy (non-hydrogen) atoms. The minimum Gasteiger partial charge on any atom is -0.494 e. The van der Waals surface area contributed by atoms with E-state index in [1.54, 1.807) is 0 Å². The van der Waals surface area contributed by atoms with E-state index in [1.165, 1.54) is 0 Å². The highest BCUT2D eigenvalue weighted by molar-refractivity contribution is 5.88. The van der Waals surface area contributed by atoms with Gasteiger partial charge in [0.05, 0.1) is 12.6 Å². The zero-order valence-corrected chi connectivity index (χ0v) is 11.0. The molecule has 0 saturated heterocycles. The van der Waals surface area contributed by atoms with Crippen molar-refractivity contribution < 1.29 is 9.13 Å². The molecule has 0 saturated carbocycles. The van der Waals surface area contributed by atoms with Gasteiger partial charge in [0.25, 0.3) is 0 Å². The van der Waals surface area contributed by atoms with Gasteiger partial charge in [-0.1, -0.05) is 30.3 Å². The molecule has 0 aliphatic rings. The normalized spacial score (nSPS) is 11.9. The van der Waals surface area contributed by atoms with Gasteiger partial charge in [-0.05, 0) is 23.8 Å². The lowest BCUT2D eigenvalue weighted by Gasteiger charge is -2.16. The van der Waals surface area contributed by atoms with Crippen molar-refractivity contribution in [2.45, 2.75) is 13.0 Å². The minimum atomic E-state index is -0.636. The molecule has 0 aliphatic heterocycles. The Hall–Kier alpha value is -1.32. The number of rotatable bonds is 4. The van der Waals surface area contributed by atoms with Crippen LogP contribution in [0.2, 0.25) is 0 Å². The number of alkyl halides is 1. The van der Waals surface area contributed by atoms with Crippen LogP contribution in [0.25, 0.3) is 10.8 Å². The molecule has 0 spiro atoms. The molecule has 1 atom stereocenters. The highest BCUT2D eigenvalue weighted by Crippen LogP contribution is 2.32. The summed E-state index contributed by atoms with van der Waals surface area (Å²) >= 11 is 0. The number of hydrogen-bond donors (Lipinski definition) is 1. The van der Waals surface area contributed by atoms with Crippen molar-refractivity contribution in [2.24, 2.45) is 5.73 Å². The van der Waals surface area contributed by atoms with E-state index < -0.39 is 12.7 Å². The predicted molar refractivity (Wildman–Crippen MR) is 75.3 cm³/mol. The van der Waals surface area contributed by atoms with Crippen molar-refractivity contribution in [1.29, 1.82) is 0 Å². The van der Waals surface area contributed by atoms with Gasteiger partial charge in [0, 0.05) is 5.56 Å². The van der Waals surface area contributed by atoms with Gasteiger partial charge in [0.1, 0.15) is 12.4 Å². The minimum absolute atomic E-state index is 0. The smallest absolute Gasteiger partial charge is 0.124 e. The van der Waals surface area contributed by atoms with E-state index in [0.717, 1.165) is 16.3 Å². The second-order valence-electron chi connectivity index (χ2n) is 3.89. The average Bonchev–Trinajstić information content (AvgIpc) is 2.38. The van der Waals surface area contributed by atoms with Crippen LogP contribution in [0.3, 0.4) is 0 Å². The summed E-state index contributed by atoms with van der Waals surface area (Å²) in [5, 5.41) is 2.01. The lowest BCUT2D eigenvalue weighted by Crippen LogP contribution is -2.14. The van der Waals surface area contributed by atoms with Gasteiger partial charge >= 0.3 is 0 Å². The van der Waals surface area contributed by atoms with Crippen molar-refractivity contribution in [3.05, 3.63) is 42.0 Å². The fourth-order valence-corrected chi connectivity index (χ4v) is 2.02. The molecular formula is C14H17ClFNO. The highest BCUT2D eigenvalue weighted by atomic mass is 35.5. The third-order valence-electron chi connectivity index (χ3n) is 2.77. The Morgan fingerprint density at radius 3 is 2.61 bits per heavy atom. The maximum Gasteiger partial charge on any atom is 0.124 e. The van der Waals surface area contributed by atoms with Crippen LogP contribution in [0.15, 0.2) is 36.4 Å². The van der Waals surface area contributed by atoms with Crippen LogP contribution in [0.1, 0.15) is 18.5 Å². The SMILES string of the molecule is CCOc1ccc2ccccc2c1[C@@H](N)CF.Cl. The number of benzene rings is 2. The van der Waals surface area contributed by atoms with Crippen LogP contribution in [-0.2, 0) is 0 Å². The Labute approximate surface area is 112 Å². The van der Waals surface area contributed by atoms with Crippen molar-refractivity contribution in [2.75, 3.05) is 13.3 Å². The maximum absolute atomic E-state index is 12.8. The fourth-order valence-electron chi connectivity index (χ4n) is 2.02. The number of ether oxygens (including phenoxy) is 1. The lowest BCUT2D eigenvalue weighted by molar-refractivity contribution is 0.330. The Morgan fingerprint density at radius 1 is 1.22 bits per heavy atom. The summed E-state index contributed by atoms with van der Waals surface area (Å²) < 4.78 is 18.4. The molecular weight excluding hydrogens is 253 g/mol. The van der Waals surface area contributed by atoms with Crippen LogP contribution >= 0.6 is 12.4 Å². The van der Waals surface area contributed by atoms with E-state index in [0.29, 0.717) is 12.4 Å². The van der Waals surface area contributed by atoms with E-state index in [1.807, 2.05) is 43.3 Å². The van der Waals surface area contributed by atoms with Gasteiger partial charge < -0.3 is 10.5 Å². The molecule has 0 radical (unpaired) electrons. The molecule has 0 heterocycles. The second-order valence-corrected chi connectivity index (χ2v) is 3.89. The summed E-state index contributed by atoms with van der Waals surface area (Å²) in [5.41, 5.74) is 6.59. The summed E-state index contributed by atoms with van der Waals surface area (Å²) in [6.45, 7) is 1.86. The zero-order chi connectivity index (χ0) is 12.3. The van der Waals surface area contributed by atoms with Crippen LogP contribution in [0.4, 0.5) is 4.39 Å². The Bertz CT molecular complexity index is 518. The quantitative estimate of drug-likeness (QED) is 0.920. The molecule has 2 rings (SSSR count). The van der Waals surface area contributed by atoms with Gasteiger partial charge in [0.15, 0.2) is 0 Å². The Kier molecular flexibility index (Phi) is 5.38. The molecule has 2 aromatic carbocycles. The number of halogens is 2. The van der Waals surface area contributed by atoms with Crippen molar-refractivity contribution in [1.82, 2.24) is 0 Å². The van der Waals surface area contributed by atoms with Gasteiger partial charge in [0.2, 0.25) is 0 Å². The lowest BCUT2D eigenvalue weighted by atomic mass is 9.98. The number of fused-ring (bicyclic) bond motifs is 1. The molecule has 0 fully saturated rings. The van der Waals surface area contributed by atoms with E-state index in [2.05, 4.69) is 0 Å². The second kappa shape index (κ2) is 6.57. The standard InChI is InChI=1S/C14H16FNO.ClH/c1-2-17-13-8-7-10-5-3-4-6-11(10)14(13)12(16)9-15;/h3-8,12H,2,9,16H2,1H3;1H/t12-;/m0./s1. The Balaban J connectivity index is 0.00000162. The first-order chi connectivity index (χ1) is 8.27. The molecule has 0 unspecified atom stereocenters. The van der Waals surface area contributed by atoms with Crippen LogP contribution in [0.5, 0.6) is 5.75 Å². The Morgan fingerprint density at radius 2 is 1.94 bits per heavy atom. The zero-order valence-electron chi connectivity index (χ0n) is 10.2. The molecule has 98 valence electrons. The molecule has 2 N–H and O–H groups in total. The summed E-state index contributed by atoms with van der Waals surface area (Å²) in [7, 11) is 0. The van der Waals surface area contributed by atoms with Gasteiger partial charge in [-0.25, -0.2) is 4.39 Å². The third kappa shape index (κ3) is 2.74. The van der Waals surface area contributed by atoms with Crippen molar-refractivity contribution in [3.63, 3.8) is 0 Å². The highest BCUT2D eigenvalue weighted by Gasteiger charge is 2.15. The van der Waals surface area contributed by atoms with Crippen LogP contribution in [0, 0.1) is 0 Å². The van der Waals surface area contributed by atoms with E-state index in [-0.39, 0.29) is 12.4 Å². The van der Waals surface area contributed by atoms with Gasteiger partial charge in [-0.3, -0.25) is 0 Å². The van der Waals surface area contributed by atoms with Gasteiger partial charge in [-0.15, -0.1) is 12.4 Å². The summed E-state index contributed by atoms with van der Waals surface area (Å²) in [6.07, 6.45) is 0. The van der Waals surface area contributed by atoms with E-state index in [4.69, 9.17) is 10.5 Å². The molecule has 0 aromatic heterocycles. The monoisotopic (exact) mass is 269 g/mol. The van der Waals surface area contributed by atoms with E-state index >= 15 is 0 Å². The molecule has 4 heteroatoms. The molecule has 0 aliphatic carbocycles. The van der Waals surface area contributed by atoms with Crippen molar-refractivity contribution in [3.8, 4) is 5.75 Å². The summed E-state index contributed by atoms with van der Waals surface area (Å²) in [6, 6.07) is 11.0. The molecule has 0 amide bonds. The molecule has 2 aromatic rings. The summed E-state index contributed by atoms with van der Waals surface area (Å²) in [5.74, 6) is 0.677. The van der Waals surface area contributed by atoms with Crippen LogP contribution in [-0.4, -0.2) is 13.3 Å². The number of hydrogen-bond acceptors (Lipinski definition) is 2. The molecule has 0 bridgehead atoms. The summed E-state index contributed by atoms with van der Waals surface area (Å²) in [4.78, 5) is 0. The largest absolute Gasteiger partial charge is 0.494 e. The van der Waals surface area contributed by atoms with E-state index in [9.17, 15) is 4.39 Å². The predicted octanol–water partition coefficient (Wildman–Crippen LogP) is 3.63.